The Hall–Kier alpha value is -1.11. The van der Waals surface area contributed by atoms with Gasteiger partial charge >= 0.3 is 11.1 Å². The van der Waals surface area contributed by atoms with Crippen LogP contribution >= 0.6 is 11.9 Å². The van der Waals surface area contributed by atoms with E-state index in [0.717, 1.165) is 0 Å². The second kappa shape index (κ2) is 2.87. The van der Waals surface area contributed by atoms with Gasteiger partial charge in [-0.15, -0.1) is 5.10 Å². The Morgan fingerprint density at radius 1 is 1.64 bits per heavy atom. The van der Waals surface area contributed by atoms with Gasteiger partial charge in [-0.3, -0.25) is 4.79 Å². The second-order valence-electron chi connectivity index (χ2n) is 1.81. The molecule has 1 heterocycles. The number of aromatic nitrogens is 4. The molecule has 0 spiro atoms. The SMILES string of the molecule is CS[n+]1nc(=O)c(=O)[nH]n1C. The third-order valence-corrected chi connectivity index (χ3v) is 1.71. The normalized spacial score (nSPS) is 10.0. The van der Waals surface area contributed by atoms with Crippen LogP contribution in [0.5, 0.6) is 0 Å². The first-order chi connectivity index (χ1) is 5.15. The number of hydrogen-bond acceptors (Lipinski definition) is 4. The molecule has 7 heteroatoms. The number of aryl methyl sites for hydroxylation is 1. The average molecular weight is 175 g/mol. The fraction of sp³-hybridized carbons (Fsp3) is 0.500. The molecule has 1 aromatic heterocycles. The van der Waals surface area contributed by atoms with E-state index in [2.05, 4.69) is 10.2 Å². The summed E-state index contributed by atoms with van der Waals surface area (Å²) in [4.78, 5) is 22.6. The van der Waals surface area contributed by atoms with Crippen LogP contribution in [-0.2, 0) is 7.05 Å². The number of H-pyrrole nitrogens is 1. The van der Waals surface area contributed by atoms with E-state index in [0.29, 0.717) is 0 Å². The van der Waals surface area contributed by atoms with Gasteiger partial charge in [0.05, 0.1) is 7.05 Å². The van der Waals surface area contributed by atoms with Gasteiger partial charge in [0, 0.05) is 15.6 Å². The van der Waals surface area contributed by atoms with Crippen molar-refractivity contribution in [2.45, 2.75) is 0 Å². The molecule has 0 aromatic carbocycles. The predicted molar refractivity (Wildman–Crippen MR) is 39.2 cm³/mol. The Morgan fingerprint density at radius 3 is 2.82 bits per heavy atom. The van der Waals surface area contributed by atoms with Crippen LogP contribution in [-0.4, -0.2) is 21.2 Å². The zero-order valence-electron chi connectivity index (χ0n) is 6.07. The minimum absolute atomic E-state index is 0.710. The summed E-state index contributed by atoms with van der Waals surface area (Å²) in [6.07, 6.45) is 1.74. The van der Waals surface area contributed by atoms with Crippen molar-refractivity contribution in [3.05, 3.63) is 20.7 Å². The molecule has 0 amide bonds. The lowest BCUT2D eigenvalue weighted by atomic mass is 10.9. The highest BCUT2D eigenvalue weighted by Crippen LogP contribution is 1.73. The third kappa shape index (κ3) is 1.48. The first-order valence-corrected chi connectivity index (χ1v) is 3.98. The van der Waals surface area contributed by atoms with Crippen LogP contribution in [0.4, 0.5) is 0 Å². The standard InChI is InChI=1S/C4H6N4O2S/c1-7-5-3(9)4(10)6-8(7)11-2/h1-2H3/p+1. The van der Waals surface area contributed by atoms with Gasteiger partial charge in [0.2, 0.25) is 0 Å². The van der Waals surface area contributed by atoms with E-state index >= 15 is 0 Å². The Balaban J connectivity index is 3.44. The number of aromatic amines is 1. The lowest BCUT2D eigenvalue weighted by molar-refractivity contribution is -0.667. The lowest BCUT2D eigenvalue weighted by Gasteiger charge is -1.93. The smallest absolute Gasteiger partial charge is 0.254 e. The molecule has 0 bridgehead atoms. The molecule has 60 valence electrons. The molecule has 0 atom stereocenters. The van der Waals surface area contributed by atoms with Crippen LogP contribution in [0.15, 0.2) is 9.59 Å². The van der Waals surface area contributed by atoms with Crippen molar-refractivity contribution in [3.8, 4) is 0 Å². The quantitative estimate of drug-likeness (QED) is 0.391. The molecule has 0 fully saturated rings. The Labute approximate surface area is 65.9 Å². The molecule has 0 aliphatic carbocycles. The van der Waals surface area contributed by atoms with Crippen molar-refractivity contribution < 1.29 is 4.20 Å². The van der Waals surface area contributed by atoms with Gasteiger partial charge in [-0.2, -0.15) is 0 Å². The number of nitrogens with zero attached hydrogens (tertiary/aromatic N) is 3. The third-order valence-electron chi connectivity index (χ3n) is 1.05. The molecule has 0 unspecified atom stereocenters. The summed E-state index contributed by atoms with van der Waals surface area (Å²) < 4.78 is 1.28. The van der Waals surface area contributed by atoms with Crippen LogP contribution in [0.2, 0.25) is 0 Å². The Morgan fingerprint density at radius 2 is 2.27 bits per heavy atom. The molecule has 0 radical (unpaired) electrons. The summed E-state index contributed by atoms with van der Waals surface area (Å²) in [5.41, 5.74) is -1.49. The van der Waals surface area contributed by atoms with E-state index in [-0.39, 0.29) is 0 Å². The molecule has 1 N–H and O–H groups in total. The van der Waals surface area contributed by atoms with E-state index < -0.39 is 11.1 Å². The van der Waals surface area contributed by atoms with Crippen LogP contribution in [0, 0.1) is 0 Å². The van der Waals surface area contributed by atoms with Gasteiger partial charge in [-0.05, 0) is 0 Å². The van der Waals surface area contributed by atoms with Crippen LogP contribution < -0.4 is 15.3 Å². The highest BCUT2D eigenvalue weighted by Gasteiger charge is 2.06. The van der Waals surface area contributed by atoms with Gasteiger partial charge < -0.3 is 0 Å². The summed E-state index contributed by atoms with van der Waals surface area (Å²) in [5, 5.41) is 5.72. The van der Waals surface area contributed by atoms with Gasteiger partial charge in [0.25, 0.3) is 0 Å². The predicted octanol–water partition coefficient (Wildman–Crippen LogP) is -2.12. The van der Waals surface area contributed by atoms with Crippen LogP contribution in [0.1, 0.15) is 0 Å². The molecular weight excluding hydrogens is 168 g/mol. The molecule has 0 aliphatic rings. The number of hydrogen-bond donors (Lipinski definition) is 1. The Kier molecular flexibility index (Phi) is 2.08. The van der Waals surface area contributed by atoms with E-state index in [4.69, 9.17) is 0 Å². The summed E-state index contributed by atoms with van der Waals surface area (Å²) in [6, 6.07) is 0. The average Bonchev–Trinajstić information content (AvgIpc) is 1.97. The molecule has 1 aromatic rings. The first-order valence-electron chi connectivity index (χ1n) is 2.79. The molecular formula is C4H7N4O2S+. The van der Waals surface area contributed by atoms with Crippen LogP contribution in [0.25, 0.3) is 0 Å². The zero-order chi connectivity index (χ0) is 8.43. The van der Waals surface area contributed by atoms with E-state index in [1.54, 1.807) is 13.3 Å². The fourth-order valence-corrected chi connectivity index (χ4v) is 1.03. The van der Waals surface area contributed by atoms with Crippen molar-refractivity contribution in [2.24, 2.45) is 7.05 Å². The van der Waals surface area contributed by atoms with Crippen molar-refractivity contribution in [3.63, 3.8) is 0 Å². The number of nitrogens with one attached hydrogen (secondary N) is 1. The van der Waals surface area contributed by atoms with Gasteiger partial charge in [0.1, 0.15) is 11.9 Å². The van der Waals surface area contributed by atoms with E-state index in [1.807, 2.05) is 0 Å². The van der Waals surface area contributed by atoms with Crippen molar-refractivity contribution in [2.75, 3.05) is 6.26 Å². The second-order valence-corrected chi connectivity index (χ2v) is 2.50. The summed E-state index contributed by atoms with van der Waals surface area (Å²) in [5.74, 6) is 0. The number of rotatable bonds is 1. The highest BCUT2D eigenvalue weighted by molar-refractivity contribution is 7.92. The fourth-order valence-electron chi connectivity index (χ4n) is 0.591. The van der Waals surface area contributed by atoms with Gasteiger partial charge in [-0.25, -0.2) is 4.79 Å². The van der Waals surface area contributed by atoms with Crippen LogP contribution in [0.3, 0.4) is 0 Å². The topological polar surface area (TPSA) is 71.6 Å². The lowest BCUT2D eigenvalue weighted by Crippen LogP contribution is -2.53. The van der Waals surface area contributed by atoms with Crippen molar-refractivity contribution >= 4 is 11.9 Å². The Bertz CT molecular complexity index is 367. The summed E-state index contributed by atoms with van der Waals surface area (Å²) in [6.45, 7) is 0. The summed E-state index contributed by atoms with van der Waals surface area (Å²) in [7, 11) is 1.59. The largest absolute Gasteiger partial charge is 0.420 e. The maximum absolute atomic E-state index is 10.6. The van der Waals surface area contributed by atoms with E-state index in [1.165, 1.54) is 20.9 Å². The van der Waals surface area contributed by atoms with Gasteiger partial charge in [0.15, 0.2) is 0 Å². The molecule has 0 saturated carbocycles. The monoisotopic (exact) mass is 175 g/mol. The van der Waals surface area contributed by atoms with E-state index in [9.17, 15) is 9.59 Å². The minimum atomic E-state index is -0.780. The molecule has 0 saturated heterocycles. The summed E-state index contributed by atoms with van der Waals surface area (Å²) >= 11 is 1.22. The molecule has 0 aliphatic heterocycles. The highest BCUT2D eigenvalue weighted by atomic mass is 32.2. The minimum Gasteiger partial charge on any atom is -0.254 e. The first kappa shape index (κ1) is 7.99. The molecule has 1 rings (SSSR count). The van der Waals surface area contributed by atoms with Gasteiger partial charge in [-0.1, -0.05) is 4.80 Å². The molecule has 11 heavy (non-hydrogen) atoms. The maximum atomic E-state index is 10.6. The zero-order valence-corrected chi connectivity index (χ0v) is 6.88. The maximum Gasteiger partial charge on any atom is 0.420 e. The van der Waals surface area contributed by atoms with Crippen molar-refractivity contribution in [1.29, 1.82) is 0 Å². The van der Waals surface area contributed by atoms with Crippen molar-refractivity contribution in [1.82, 2.24) is 15.0 Å². The molecule has 6 nitrogen and oxygen atoms in total.